The highest BCUT2D eigenvalue weighted by molar-refractivity contribution is 6.69. The number of oxime groups is 1. The van der Waals surface area contributed by atoms with Gasteiger partial charge in [0.15, 0.2) is 5.17 Å². The maximum atomic E-state index is 9.86. The number of aliphatic hydroxyl groups excluding tert-OH is 1. The molecule has 1 saturated heterocycles. The number of hydrogen-bond acceptors (Lipinski definition) is 7. The third-order valence-electron chi connectivity index (χ3n) is 3.67. The van der Waals surface area contributed by atoms with Gasteiger partial charge < -0.3 is 20.2 Å². The first-order valence-corrected chi connectivity index (χ1v) is 9.04. The number of carboxylic acids is 2. The number of halogens is 1. The van der Waals surface area contributed by atoms with Gasteiger partial charge in [-0.15, -0.1) is 0 Å². The molecule has 1 aromatic heterocycles. The Morgan fingerprint density at radius 3 is 2.32 bits per heavy atom. The van der Waals surface area contributed by atoms with Crippen molar-refractivity contribution in [1.82, 2.24) is 9.88 Å². The fourth-order valence-electron chi connectivity index (χ4n) is 2.41. The van der Waals surface area contributed by atoms with Gasteiger partial charge in [-0.3, -0.25) is 9.88 Å². The van der Waals surface area contributed by atoms with Crippen LogP contribution in [-0.2, 0) is 14.4 Å². The molecule has 1 aromatic rings. The normalized spacial score (nSPS) is 17.3. The van der Waals surface area contributed by atoms with Crippen LogP contribution < -0.4 is 0 Å². The van der Waals surface area contributed by atoms with E-state index in [1.54, 1.807) is 31.5 Å². The van der Waals surface area contributed by atoms with Gasteiger partial charge in [0.25, 0.3) is 0 Å². The lowest BCUT2D eigenvalue weighted by Gasteiger charge is -2.33. The molecule has 0 spiro atoms. The second-order valence-corrected chi connectivity index (χ2v) is 6.32. The van der Waals surface area contributed by atoms with Gasteiger partial charge in [0.2, 0.25) is 6.23 Å². The van der Waals surface area contributed by atoms with Crippen LogP contribution >= 0.6 is 11.6 Å². The van der Waals surface area contributed by atoms with Crippen molar-refractivity contribution in [2.45, 2.75) is 38.5 Å². The van der Waals surface area contributed by atoms with Gasteiger partial charge in [-0.1, -0.05) is 23.2 Å². The van der Waals surface area contributed by atoms with Crippen molar-refractivity contribution in [2.75, 3.05) is 13.1 Å². The van der Waals surface area contributed by atoms with E-state index in [4.69, 9.17) is 26.7 Å². The van der Waals surface area contributed by atoms with Crippen LogP contribution in [0.3, 0.4) is 0 Å². The molecule has 0 bridgehead atoms. The summed E-state index contributed by atoms with van der Waals surface area (Å²) in [6, 6.07) is 3.59. The summed E-state index contributed by atoms with van der Waals surface area (Å²) in [5.74, 6) is -2.51. The molecule has 2 heterocycles. The molecule has 28 heavy (non-hydrogen) atoms. The number of likely N-dealkylation sites (tertiary alicyclic amines) is 1. The largest absolute Gasteiger partial charge is 0.478 e. The number of piperidine rings is 1. The molecular weight excluding hydrogens is 390 g/mol. The van der Waals surface area contributed by atoms with Gasteiger partial charge in [-0.05, 0) is 31.9 Å². The van der Waals surface area contributed by atoms with E-state index < -0.39 is 24.3 Å². The molecule has 0 aliphatic carbocycles. The van der Waals surface area contributed by atoms with Gasteiger partial charge in [-0.2, -0.15) is 0 Å². The molecule has 3 N–H and O–H groups in total. The summed E-state index contributed by atoms with van der Waals surface area (Å²) in [4.78, 5) is 30.7. The van der Waals surface area contributed by atoms with Crippen molar-refractivity contribution < 1.29 is 29.7 Å². The fourth-order valence-corrected chi connectivity index (χ4v) is 2.56. The number of carboxylic acid groups (broad SMARTS) is 2. The molecule has 2 unspecified atom stereocenters. The number of rotatable bonds is 7. The van der Waals surface area contributed by atoms with E-state index in [1.807, 2.05) is 0 Å². The predicted molar refractivity (Wildman–Crippen MR) is 103 cm³/mol. The van der Waals surface area contributed by atoms with Crippen molar-refractivity contribution in [1.29, 1.82) is 0 Å². The molecule has 9 nitrogen and oxygen atoms in total. The van der Waals surface area contributed by atoms with Crippen LogP contribution in [-0.4, -0.2) is 67.7 Å². The summed E-state index contributed by atoms with van der Waals surface area (Å²) >= 11 is 6.08. The molecular formula is C18H24ClN3O6. The molecule has 0 radical (unpaired) electrons. The van der Waals surface area contributed by atoms with Gasteiger partial charge in [0.05, 0.1) is 0 Å². The molecule has 1 fully saturated rings. The highest BCUT2D eigenvalue weighted by Gasteiger charge is 2.26. The number of pyridine rings is 1. The number of nitrogens with zero attached hydrogens (tertiary/aromatic N) is 3. The summed E-state index contributed by atoms with van der Waals surface area (Å²) in [6.45, 7) is 3.53. The van der Waals surface area contributed by atoms with Crippen LogP contribution in [0.2, 0.25) is 0 Å². The van der Waals surface area contributed by atoms with Crippen LogP contribution in [0.25, 0.3) is 0 Å². The molecule has 2 rings (SSSR count). The van der Waals surface area contributed by atoms with Gasteiger partial charge in [0, 0.05) is 43.2 Å². The van der Waals surface area contributed by atoms with E-state index in [0.717, 1.165) is 25.9 Å². The first kappa shape index (κ1) is 23.5. The van der Waals surface area contributed by atoms with Gasteiger partial charge in [0.1, 0.15) is 6.10 Å². The Hall–Kier alpha value is -2.49. The summed E-state index contributed by atoms with van der Waals surface area (Å²) < 4.78 is 0. The topological polar surface area (TPSA) is 133 Å². The Labute approximate surface area is 167 Å². The second-order valence-electron chi connectivity index (χ2n) is 5.97. The van der Waals surface area contributed by atoms with Crippen LogP contribution in [0, 0.1) is 0 Å². The average Bonchev–Trinajstić information content (AvgIpc) is 2.68. The van der Waals surface area contributed by atoms with Crippen LogP contribution in [0.4, 0.5) is 0 Å². The summed E-state index contributed by atoms with van der Waals surface area (Å²) in [5.41, 5.74) is 0.692. The maximum Gasteiger partial charge on any atom is 0.328 e. The summed E-state index contributed by atoms with van der Waals surface area (Å²) in [7, 11) is 0. The number of aliphatic carboxylic acids is 2. The van der Waals surface area contributed by atoms with Crippen LogP contribution in [0.15, 0.2) is 41.8 Å². The minimum Gasteiger partial charge on any atom is -0.478 e. The number of hydrogen-bond donors (Lipinski definition) is 3. The zero-order valence-corrected chi connectivity index (χ0v) is 16.2. The monoisotopic (exact) mass is 413 g/mol. The number of aliphatic hydroxyl groups is 1. The van der Waals surface area contributed by atoms with Gasteiger partial charge in [-0.25, -0.2) is 9.59 Å². The van der Waals surface area contributed by atoms with Crippen molar-refractivity contribution in [3.63, 3.8) is 0 Å². The van der Waals surface area contributed by atoms with Gasteiger partial charge >= 0.3 is 11.9 Å². The Morgan fingerprint density at radius 1 is 1.25 bits per heavy atom. The molecule has 10 heteroatoms. The lowest BCUT2D eigenvalue weighted by Crippen LogP contribution is -2.46. The quantitative estimate of drug-likeness (QED) is 0.350. The molecule has 1 aliphatic rings. The molecule has 0 amide bonds. The third-order valence-corrected chi connectivity index (χ3v) is 3.96. The Kier molecular flexibility index (Phi) is 10.8. The van der Waals surface area contributed by atoms with Crippen LogP contribution in [0.1, 0.15) is 31.7 Å². The van der Waals surface area contributed by atoms with E-state index in [1.165, 1.54) is 6.42 Å². The van der Waals surface area contributed by atoms with E-state index in [0.29, 0.717) is 17.7 Å². The second kappa shape index (κ2) is 12.8. The highest BCUT2D eigenvalue weighted by Crippen LogP contribution is 2.16. The summed E-state index contributed by atoms with van der Waals surface area (Å²) in [6.07, 6.45) is 6.78. The molecule has 0 aromatic carbocycles. The maximum absolute atomic E-state index is 9.86. The predicted octanol–water partition coefficient (Wildman–Crippen LogP) is 1.90. The summed E-state index contributed by atoms with van der Waals surface area (Å²) in [5, 5.41) is 29.6. The highest BCUT2D eigenvalue weighted by atomic mass is 35.5. The average molecular weight is 414 g/mol. The number of carbonyl (C=O) groups is 2. The first-order valence-electron chi connectivity index (χ1n) is 8.67. The van der Waals surface area contributed by atoms with E-state index >= 15 is 0 Å². The van der Waals surface area contributed by atoms with Crippen molar-refractivity contribution in [3.05, 3.63) is 42.2 Å². The molecule has 2 atom stereocenters. The Bertz CT molecular complexity index is 659. The lowest BCUT2D eigenvalue weighted by atomic mass is 10.1. The van der Waals surface area contributed by atoms with Crippen molar-refractivity contribution in [3.8, 4) is 0 Å². The van der Waals surface area contributed by atoms with E-state index in [9.17, 15) is 14.7 Å². The van der Waals surface area contributed by atoms with E-state index in [2.05, 4.69) is 15.0 Å². The SMILES string of the molecule is CC(O)C(ON=C(Cl)c1cccnc1)N1CCCCC1.O=C(O)C=CC(=O)O. The van der Waals surface area contributed by atoms with Crippen molar-refractivity contribution >= 4 is 28.7 Å². The first-order chi connectivity index (χ1) is 13.3. The number of aromatic nitrogens is 1. The van der Waals surface area contributed by atoms with E-state index in [-0.39, 0.29) is 5.17 Å². The molecule has 1 aliphatic heterocycles. The zero-order valence-electron chi connectivity index (χ0n) is 15.4. The lowest BCUT2D eigenvalue weighted by molar-refractivity contribution is -0.134. The molecule has 0 saturated carbocycles. The smallest absolute Gasteiger partial charge is 0.328 e. The fraction of sp³-hybridized carbons (Fsp3) is 0.444. The molecule has 154 valence electrons. The Morgan fingerprint density at radius 2 is 1.86 bits per heavy atom. The van der Waals surface area contributed by atoms with Crippen molar-refractivity contribution in [2.24, 2.45) is 5.16 Å². The zero-order chi connectivity index (χ0) is 20.9. The Balaban J connectivity index is 0.000000416. The third kappa shape index (κ3) is 9.45. The van der Waals surface area contributed by atoms with Crippen LogP contribution in [0.5, 0.6) is 0 Å². The minimum atomic E-state index is -1.26. The standard InChI is InChI=1S/C14H20ClN3O2.C4H4O4/c1-11(19)14(18-8-3-2-4-9-18)20-17-13(15)12-6-5-7-16-10-12;5-3(6)1-2-4(7)8/h5-7,10-11,14,19H,2-4,8-9H2,1H3;1-2H,(H,5,6)(H,7,8). The minimum absolute atomic E-state index is 0.237.